The van der Waals surface area contributed by atoms with Crippen LogP contribution in [-0.2, 0) is 102 Å². The molecule has 42 atom stereocenters. The molecule has 0 aromatic rings. The van der Waals surface area contributed by atoms with E-state index in [1.54, 1.807) is 0 Å². The fraction of sp³-hybridized carbons (Fsp3) is 0.981. The maximum absolute atomic E-state index is 13.9. The average molecular weight is 1660 g/mol. The Kier molecular flexibility index (Phi) is 34.5. The number of aliphatic hydroxyl groups is 25. The van der Waals surface area contributed by atoms with Crippen LogP contribution in [0.3, 0.4) is 0 Å². The van der Waals surface area contributed by atoms with Crippen LogP contribution >= 0.6 is 23.5 Å². The molecule has 0 saturated carbocycles. The van der Waals surface area contributed by atoms with Crippen LogP contribution in [0.1, 0.15) is 6.42 Å². The Bertz CT molecular complexity index is 2920. The maximum atomic E-state index is 13.9. The summed E-state index contributed by atoms with van der Waals surface area (Å²) in [5, 5.41) is 286. The number of aliphatic carboxylic acids is 1. The predicted octanol–water partition coefficient (Wildman–Crippen LogP) is -18.7. The van der Waals surface area contributed by atoms with Gasteiger partial charge in [0.2, 0.25) is 0 Å². The van der Waals surface area contributed by atoms with E-state index in [9.17, 15) is 166 Å². The lowest BCUT2D eigenvalue weighted by atomic mass is 9.91. The third-order valence-electron chi connectivity index (χ3n) is 17.9. The Hall–Kier alpha value is -1.76. The lowest BCUT2D eigenvalue weighted by Crippen LogP contribution is -2.71. The largest absolute Gasteiger partial charge is 0.481 e. The zero-order valence-electron chi connectivity index (χ0n) is 55.9. The van der Waals surface area contributed by atoms with E-state index in [2.05, 4.69) is 8.83 Å². The number of hydrogen-bond acceptors (Lipinski definition) is 49. The van der Waals surface area contributed by atoms with Crippen molar-refractivity contribution in [2.45, 2.75) is 245 Å². The van der Waals surface area contributed by atoms with E-state index < -0.39 is 347 Å². The fourth-order valence-corrected chi connectivity index (χ4v) is 15.4. The molecule has 0 radical (unpaired) electrons. The summed E-state index contributed by atoms with van der Waals surface area (Å²) in [6, 6.07) is 0. The number of ether oxygens (including phenoxy) is 13. The monoisotopic (exact) mass is 1660 g/mol. The second-order valence-electron chi connectivity index (χ2n) is 25.4. The van der Waals surface area contributed by atoms with Gasteiger partial charge in [0.25, 0.3) is 5.79 Å². The molecule has 7 fully saturated rings. The lowest BCUT2D eigenvalue weighted by Gasteiger charge is -2.53. The van der Waals surface area contributed by atoms with E-state index >= 15 is 0 Å². The molecule has 0 spiro atoms. The lowest BCUT2D eigenvalue weighted by molar-refractivity contribution is -0.418. The smallest absolute Gasteiger partial charge is 0.477 e. The summed E-state index contributed by atoms with van der Waals surface area (Å²) in [5.74, 6) is -6.24. The molecule has 7 saturated heterocycles. The Balaban J connectivity index is 1.48. The van der Waals surface area contributed by atoms with Crippen LogP contribution < -0.4 is 11.5 Å². The summed E-state index contributed by atoms with van der Waals surface area (Å²) in [6.45, 7) is -12.6. The van der Waals surface area contributed by atoms with Crippen LogP contribution in [-0.4, -0.2) is 465 Å². The number of aliphatic hydroxyl groups excluding tert-OH is 24. The number of carbonyl (C=O) groups is 1. The molecular formula is C52H95N2O51P3. The minimum atomic E-state index is -6.41. The highest BCUT2D eigenvalue weighted by molar-refractivity contribution is 7.61. The molecule has 7 heterocycles. The quantitative estimate of drug-likeness (QED) is 0.0257. The zero-order chi connectivity index (χ0) is 80.7. The highest BCUT2D eigenvalue weighted by Gasteiger charge is 2.64. The zero-order valence-corrected chi connectivity index (χ0v) is 58.6. The summed E-state index contributed by atoms with van der Waals surface area (Å²) >= 11 is 0. The van der Waals surface area contributed by atoms with Crippen LogP contribution in [0.2, 0.25) is 0 Å². The van der Waals surface area contributed by atoms with Crippen LogP contribution in [0.4, 0.5) is 0 Å². The molecule has 0 amide bonds. The molecule has 0 aromatic heterocycles. The summed E-state index contributed by atoms with van der Waals surface area (Å²) < 4.78 is 141. The van der Waals surface area contributed by atoms with Crippen LogP contribution in [0.5, 0.6) is 0 Å². The average Bonchev–Trinajstić information content (AvgIpc) is 0.749. The summed E-state index contributed by atoms with van der Waals surface area (Å²) in [7, 11) is -18.1. The summed E-state index contributed by atoms with van der Waals surface area (Å²) in [4.78, 5) is 45.3. The first kappa shape index (κ1) is 93.4. The second-order valence-corrected chi connectivity index (χ2v) is 29.8. The van der Waals surface area contributed by atoms with E-state index in [4.69, 9.17) is 86.6 Å². The Morgan fingerprint density at radius 2 is 0.843 bits per heavy atom. The number of carboxylic acid groups (broad SMARTS) is 1. The van der Waals surface area contributed by atoms with Crippen molar-refractivity contribution in [2.75, 3.05) is 72.6 Å². The third kappa shape index (κ3) is 21.9. The van der Waals surface area contributed by atoms with Crippen molar-refractivity contribution in [3.05, 3.63) is 0 Å². The first-order valence-electron chi connectivity index (χ1n) is 32.7. The topological polar surface area (TPSA) is 873 Å². The molecule has 0 bridgehead atoms. The molecule has 56 heteroatoms. The standard InChI is InChI=1S/C52H95N2O51P3/c53-1-3-89-106(82,83)104-42-33(77)37(15(63)8-57)96-50(44(42)101-48-32(76)26(70)28(72)36(95-48)14(62)7-56)99-41-34(78)49(97-39-17(103-108(86,87)105-107(84,85)90-4-2-54)5-52(81,51(79)80)102-38(39)16(64)9-58)98-40(19(11-60)92-46-30(74)23(67)21(65)18(10-59)91-46)43(41)100-47-31(75)24(68)22(66)20(93-47)12-88-45-29(73)25(69)27(71)35(94-45)13(61)6-55/h13-50,55-78,81H,1-12,53-54H2,(H,79,80)(H,82,83)(H,84,85)(H,86,87)/t13-,14-,15-,16+,17+,18+,19-,20+,21+,22+,23-,24-,25-,26-,27-,28-,29-,30+,31+,32-,33+,34-,35+,36+,37+,38+,39+,40+,41+,42-,43+,44-,45-,46+,47-,48+,49-,50+,52+/m0/s1. The van der Waals surface area contributed by atoms with Gasteiger partial charge >= 0.3 is 29.4 Å². The highest BCUT2D eigenvalue weighted by Crippen LogP contribution is 2.62. The first-order chi connectivity index (χ1) is 50.5. The van der Waals surface area contributed by atoms with Crippen LogP contribution in [0.25, 0.3) is 0 Å². The molecular weight excluding hydrogens is 1560 g/mol. The molecule has 7 aliphatic heterocycles. The number of nitrogens with two attached hydrogens (primary N) is 2. The maximum Gasteiger partial charge on any atom is 0.481 e. The molecule has 108 heavy (non-hydrogen) atoms. The van der Waals surface area contributed by atoms with Crippen molar-refractivity contribution in [3.63, 3.8) is 0 Å². The first-order valence-corrected chi connectivity index (χ1v) is 37.1. The van der Waals surface area contributed by atoms with Crippen molar-refractivity contribution in [3.8, 4) is 0 Å². The van der Waals surface area contributed by atoms with Gasteiger partial charge in [-0.05, 0) is 0 Å². The highest BCUT2D eigenvalue weighted by atomic mass is 31.3. The van der Waals surface area contributed by atoms with Gasteiger partial charge in [-0.3, -0.25) is 18.1 Å². The summed E-state index contributed by atoms with van der Waals surface area (Å²) in [5.41, 5.74) is 10.8. The molecule has 0 aromatic carbocycles. The van der Waals surface area contributed by atoms with Gasteiger partial charge < -0.3 is 220 Å². The normalized spacial score (nSPS) is 45.3. The number of rotatable bonds is 37. The summed E-state index contributed by atoms with van der Waals surface area (Å²) in [6.07, 6.45) is -98.8. The van der Waals surface area contributed by atoms with Gasteiger partial charge in [-0.15, -0.1) is 0 Å². The number of carboxylic acids is 1. The van der Waals surface area contributed by atoms with Crippen molar-refractivity contribution in [1.82, 2.24) is 0 Å². The molecule has 33 N–H and O–H groups in total. The molecule has 0 aliphatic carbocycles. The van der Waals surface area contributed by atoms with E-state index in [-0.39, 0.29) is 0 Å². The number of hydrogen-bond donors (Lipinski definition) is 31. The number of phosphoric acid groups is 3. The second kappa shape index (κ2) is 39.9. The number of phosphoric ester groups is 3. The fourth-order valence-electron chi connectivity index (χ4n) is 12.2. The van der Waals surface area contributed by atoms with Gasteiger partial charge in [0.1, 0.15) is 195 Å². The van der Waals surface area contributed by atoms with Crippen molar-refractivity contribution in [2.24, 2.45) is 11.5 Å². The van der Waals surface area contributed by atoms with Gasteiger partial charge in [-0.1, -0.05) is 0 Å². The van der Waals surface area contributed by atoms with E-state index in [1.807, 2.05) is 0 Å². The minimum absolute atomic E-state index is 0.559. The van der Waals surface area contributed by atoms with Crippen LogP contribution in [0, 0.1) is 0 Å². The van der Waals surface area contributed by atoms with Crippen LogP contribution in [0.15, 0.2) is 0 Å². The SMILES string of the molecule is NCCOP(=O)(O)O[C@H]1[C@H](O)[C@@H]([C@@H](O)CO)O[C@H](O[C@@H]2[C@H](O)[C@@H](O[C@H]3[C@@H]([C@H](O)CO)O[C@@](O)(C(=O)O)C[C@H]3OP(=O)(O)OP(=O)(O)OCCN)O[C@H]([C@H](CO)O[C@H]3O[C@H](CO)[C@@H](O)[C@H](O)[C@H]3O)[C@H]2O[C@@H]2O[C@H](CO[C@H]3O[C@H]([C@@H](O)CO)[C@@H](O)[C@H](O)[C@@H]3O)[C@@H](O)[C@H](O)[C@H]2O)[C@H]1O[C@H]1O[C@H]([C@@H](O)CO)[C@@H](O)[C@H](O)[C@@H]1O. The Morgan fingerprint density at radius 1 is 0.426 bits per heavy atom. The molecule has 7 rings (SSSR count). The third-order valence-corrected chi connectivity index (χ3v) is 21.6. The Labute approximate surface area is 607 Å². The molecule has 634 valence electrons. The van der Waals surface area contributed by atoms with Gasteiger partial charge in [0, 0.05) is 19.5 Å². The molecule has 7 aliphatic rings. The van der Waals surface area contributed by atoms with Crippen molar-refractivity contribution < 1.29 is 250 Å². The predicted molar refractivity (Wildman–Crippen MR) is 325 cm³/mol. The molecule has 3 unspecified atom stereocenters. The van der Waals surface area contributed by atoms with Gasteiger partial charge in [0.15, 0.2) is 37.7 Å². The van der Waals surface area contributed by atoms with Gasteiger partial charge in [0.05, 0.1) is 59.5 Å². The minimum Gasteiger partial charge on any atom is -0.477 e. The van der Waals surface area contributed by atoms with Crippen molar-refractivity contribution >= 4 is 29.4 Å². The Morgan fingerprint density at radius 3 is 1.36 bits per heavy atom. The van der Waals surface area contributed by atoms with E-state index in [1.165, 1.54) is 0 Å². The van der Waals surface area contributed by atoms with Gasteiger partial charge in [-0.2, -0.15) is 4.31 Å². The molecule has 53 nitrogen and oxygen atoms in total. The van der Waals surface area contributed by atoms with Gasteiger partial charge in [-0.25, -0.2) is 18.5 Å². The van der Waals surface area contributed by atoms with E-state index in [0.717, 1.165) is 0 Å². The van der Waals surface area contributed by atoms with E-state index in [0.29, 0.717) is 0 Å². The van der Waals surface area contributed by atoms with Crippen molar-refractivity contribution in [1.29, 1.82) is 0 Å².